The Bertz CT molecular complexity index is 1150. The van der Waals surface area contributed by atoms with Crippen molar-refractivity contribution in [3.8, 4) is 17.0 Å². The average Bonchev–Trinajstić information content (AvgIpc) is 3.23. The van der Waals surface area contributed by atoms with Gasteiger partial charge in [-0.05, 0) is 82.1 Å². The molecule has 176 valence electrons. The Labute approximate surface area is 195 Å². The molecule has 7 heteroatoms. The molecule has 1 saturated heterocycles. The number of carbonyl (C=O) groups is 1. The van der Waals surface area contributed by atoms with Gasteiger partial charge in [0.1, 0.15) is 17.8 Å². The van der Waals surface area contributed by atoms with Crippen molar-refractivity contribution in [3.05, 3.63) is 58.6 Å². The molecule has 0 spiro atoms. The molecule has 3 aromatic rings. The maximum absolute atomic E-state index is 13.5. The zero-order valence-corrected chi connectivity index (χ0v) is 19.8. The summed E-state index contributed by atoms with van der Waals surface area (Å²) < 4.78 is 8.76. The van der Waals surface area contributed by atoms with E-state index in [0.29, 0.717) is 11.2 Å². The summed E-state index contributed by atoms with van der Waals surface area (Å²) in [6.45, 7) is 7.13. The van der Waals surface area contributed by atoms with Gasteiger partial charge in [0, 0.05) is 30.5 Å². The van der Waals surface area contributed by atoms with Crippen LogP contribution in [-0.2, 0) is 17.8 Å². The third-order valence-corrected chi connectivity index (χ3v) is 6.22. The second-order valence-electron chi connectivity index (χ2n) is 9.15. The molecule has 1 fully saturated rings. The highest BCUT2D eigenvalue weighted by atomic mass is 16.5. The number of methoxy groups -OCH3 is 1. The van der Waals surface area contributed by atoms with Crippen molar-refractivity contribution in [1.82, 2.24) is 19.2 Å². The Morgan fingerprint density at radius 1 is 1.09 bits per heavy atom. The number of likely N-dealkylation sites (tertiary alicyclic amines) is 1. The molecule has 4 rings (SSSR count). The minimum atomic E-state index is -0.178. The van der Waals surface area contributed by atoms with Crippen molar-refractivity contribution in [1.29, 1.82) is 0 Å². The molecule has 1 aromatic carbocycles. The van der Waals surface area contributed by atoms with Gasteiger partial charge >= 0.3 is 0 Å². The molecular formula is C26H34N4O3. The van der Waals surface area contributed by atoms with Crippen LogP contribution in [-0.4, -0.2) is 52.6 Å². The molecule has 0 radical (unpaired) electrons. The van der Waals surface area contributed by atoms with Crippen LogP contribution < -0.4 is 15.6 Å². The number of hydrogen-bond donors (Lipinski definition) is 1. The number of hydrogen-bond acceptors (Lipinski definition) is 4. The van der Waals surface area contributed by atoms with Gasteiger partial charge < -0.3 is 19.4 Å². The van der Waals surface area contributed by atoms with E-state index in [1.807, 2.05) is 61.0 Å². The van der Waals surface area contributed by atoms with Crippen molar-refractivity contribution >= 4 is 11.4 Å². The van der Waals surface area contributed by atoms with Crippen LogP contribution >= 0.6 is 0 Å². The van der Waals surface area contributed by atoms with Gasteiger partial charge in [-0.25, -0.2) is 0 Å². The van der Waals surface area contributed by atoms with E-state index in [2.05, 4.69) is 10.2 Å². The number of nitrogens with zero attached hydrogens (tertiary/aromatic N) is 3. The number of rotatable bonds is 8. The van der Waals surface area contributed by atoms with Gasteiger partial charge in [0.25, 0.3) is 5.56 Å². The number of amides is 1. The normalized spacial score (nSPS) is 14.7. The van der Waals surface area contributed by atoms with Crippen LogP contribution in [0.3, 0.4) is 0 Å². The number of fused-ring (bicyclic) bond motifs is 1. The summed E-state index contributed by atoms with van der Waals surface area (Å²) in [5, 5.41) is 2.89. The van der Waals surface area contributed by atoms with Crippen molar-refractivity contribution in [2.45, 2.75) is 52.1 Å². The summed E-state index contributed by atoms with van der Waals surface area (Å²) in [4.78, 5) is 28.6. The summed E-state index contributed by atoms with van der Waals surface area (Å²) in [5.74, 6) is 0.565. The second kappa shape index (κ2) is 10.3. The quantitative estimate of drug-likeness (QED) is 0.572. The van der Waals surface area contributed by atoms with Crippen LogP contribution in [0.15, 0.2) is 47.5 Å². The van der Waals surface area contributed by atoms with E-state index >= 15 is 0 Å². The summed E-state index contributed by atoms with van der Waals surface area (Å²) in [7, 11) is 1.62. The first-order valence-electron chi connectivity index (χ1n) is 11.8. The molecular weight excluding hydrogens is 416 g/mol. The fraction of sp³-hybridized carbons (Fsp3) is 0.462. The number of carbonyl (C=O) groups excluding carboxylic acids is 1. The monoisotopic (exact) mass is 450 g/mol. The molecule has 1 aliphatic rings. The molecule has 1 N–H and O–H groups in total. The minimum absolute atomic E-state index is 0.0102. The molecule has 0 unspecified atom stereocenters. The smallest absolute Gasteiger partial charge is 0.275 e. The molecule has 2 aromatic heterocycles. The van der Waals surface area contributed by atoms with Crippen molar-refractivity contribution in [3.63, 3.8) is 0 Å². The van der Waals surface area contributed by atoms with Gasteiger partial charge in [0.05, 0.1) is 12.8 Å². The zero-order chi connectivity index (χ0) is 23.4. The molecule has 33 heavy (non-hydrogen) atoms. The van der Waals surface area contributed by atoms with Crippen molar-refractivity contribution in [2.75, 3.05) is 26.7 Å². The van der Waals surface area contributed by atoms with E-state index in [0.717, 1.165) is 42.9 Å². The highest BCUT2D eigenvalue weighted by molar-refractivity contribution is 5.77. The lowest BCUT2D eigenvalue weighted by atomic mass is 10.1. The van der Waals surface area contributed by atoms with Crippen LogP contribution in [0, 0.1) is 0 Å². The summed E-state index contributed by atoms with van der Waals surface area (Å²) in [6.07, 6.45) is 8.77. The third-order valence-electron chi connectivity index (χ3n) is 6.22. The number of nitrogens with one attached hydrogen (secondary N) is 1. The first kappa shape index (κ1) is 23.1. The molecule has 1 aliphatic heterocycles. The van der Waals surface area contributed by atoms with Gasteiger partial charge in [-0.1, -0.05) is 6.42 Å². The number of piperidine rings is 1. The minimum Gasteiger partial charge on any atom is -0.497 e. The molecule has 0 atom stereocenters. The third kappa shape index (κ3) is 5.47. The number of aromatic nitrogens is 2. The molecule has 7 nitrogen and oxygen atoms in total. The predicted molar refractivity (Wildman–Crippen MR) is 131 cm³/mol. The molecule has 0 bridgehead atoms. The second-order valence-corrected chi connectivity index (χ2v) is 9.15. The van der Waals surface area contributed by atoms with E-state index in [4.69, 9.17) is 4.74 Å². The summed E-state index contributed by atoms with van der Waals surface area (Å²) >= 11 is 0. The van der Waals surface area contributed by atoms with E-state index in [1.54, 1.807) is 11.7 Å². The standard InChI is InChI=1S/C26H34N4O3/c1-19(2)27-25(31)18-30-24(21-7-9-22(33-3)10-8-21)17-29-16-20(15-23(29)26(30)32)11-14-28-12-5-4-6-13-28/h7-10,15-17,19H,4-6,11-14,18H2,1-3H3,(H,27,31). The van der Waals surface area contributed by atoms with Gasteiger partial charge in [0.2, 0.25) is 5.91 Å². The fourth-order valence-corrected chi connectivity index (χ4v) is 4.53. The first-order valence-corrected chi connectivity index (χ1v) is 11.8. The Morgan fingerprint density at radius 2 is 1.82 bits per heavy atom. The van der Waals surface area contributed by atoms with E-state index in [-0.39, 0.29) is 24.1 Å². The van der Waals surface area contributed by atoms with Crippen LogP contribution in [0.1, 0.15) is 38.7 Å². The SMILES string of the molecule is COc1ccc(-c2cn3cc(CCN4CCCCC4)cc3c(=O)n2CC(=O)NC(C)C)cc1. The summed E-state index contributed by atoms with van der Waals surface area (Å²) in [6, 6.07) is 9.54. The lowest BCUT2D eigenvalue weighted by Crippen LogP contribution is -2.36. The molecule has 0 aliphatic carbocycles. The van der Waals surface area contributed by atoms with Gasteiger partial charge in [0.15, 0.2) is 0 Å². The highest BCUT2D eigenvalue weighted by Gasteiger charge is 2.17. The highest BCUT2D eigenvalue weighted by Crippen LogP contribution is 2.23. The average molecular weight is 451 g/mol. The molecule has 3 heterocycles. The molecule has 1 amide bonds. The maximum Gasteiger partial charge on any atom is 0.275 e. The van der Waals surface area contributed by atoms with Crippen LogP contribution in [0.2, 0.25) is 0 Å². The Balaban J connectivity index is 1.69. The van der Waals surface area contributed by atoms with E-state index in [9.17, 15) is 9.59 Å². The topological polar surface area (TPSA) is 68.0 Å². The maximum atomic E-state index is 13.5. The Morgan fingerprint density at radius 3 is 2.48 bits per heavy atom. The van der Waals surface area contributed by atoms with Gasteiger partial charge in [-0.3, -0.25) is 14.2 Å². The Kier molecular flexibility index (Phi) is 7.18. The van der Waals surface area contributed by atoms with Crippen LogP contribution in [0.4, 0.5) is 0 Å². The fourth-order valence-electron chi connectivity index (χ4n) is 4.53. The van der Waals surface area contributed by atoms with Crippen LogP contribution in [0.5, 0.6) is 5.75 Å². The van der Waals surface area contributed by atoms with Crippen molar-refractivity contribution in [2.24, 2.45) is 0 Å². The number of benzene rings is 1. The van der Waals surface area contributed by atoms with Crippen molar-refractivity contribution < 1.29 is 9.53 Å². The zero-order valence-electron chi connectivity index (χ0n) is 19.8. The Hall–Kier alpha value is -3.06. The first-order chi connectivity index (χ1) is 15.9. The van der Waals surface area contributed by atoms with E-state index in [1.165, 1.54) is 19.3 Å². The van der Waals surface area contributed by atoms with Crippen LogP contribution in [0.25, 0.3) is 16.8 Å². The van der Waals surface area contributed by atoms with E-state index < -0.39 is 0 Å². The lowest BCUT2D eigenvalue weighted by Gasteiger charge is -2.26. The predicted octanol–water partition coefficient (Wildman–Crippen LogP) is 3.33. The lowest BCUT2D eigenvalue weighted by molar-refractivity contribution is -0.122. The van der Waals surface area contributed by atoms with Gasteiger partial charge in [-0.2, -0.15) is 0 Å². The number of ether oxygens (including phenoxy) is 1. The van der Waals surface area contributed by atoms with Gasteiger partial charge in [-0.15, -0.1) is 0 Å². The largest absolute Gasteiger partial charge is 0.497 e. The molecule has 0 saturated carbocycles. The summed E-state index contributed by atoms with van der Waals surface area (Å²) in [5.41, 5.74) is 3.13.